The third kappa shape index (κ3) is 3.92. The fraction of sp³-hybridized carbons (Fsp3) is 0.538. The van der Waals surface area contributed by atoms with E-state index < -0.39 is 13.3 Å². The van der Waals surface area contributed by atoms with Crippen LogP contribution in [0.15, 0.2) is 30.3 Å². The summed E-state index contributed by atoms with van der Waals surface area (Å²) < 4.78 is 11.3. The van der Waals surface area contributed by atoms with Crippen molar-refractivity contribution in [1.82, 2.24) is 5.09 Å². The van der Waals surface area contributed by atoms with Crippen LogP contribution in [0.2, 0.25) is 0 Å². The quantitative estimate of drug-likeness (QED) is 0.735. The molecule has 100 valence electrons. The van der Waals surface area contributed by atoms with E-state index in [1.165, 1.54) is 0 Å². The Labute approximate surface area is 108 Å². The normalized spacial score (nSPS) is 19.7. The molecule has 4 nitrogen and oxygen atoms in total. The van der Waals surface area contributed by atoms with Crippen LogP contribution < -0.4 is 5.09 Å². The minimum absolute atomic E-state index is 0.446. The highest BCUT2D eigenvalue weighted by atomic mass is 31.2. The van der Waals surface area contributed by atoms with E-state index >= 15 is 0 Å². The van der Waals surface area contributed by atoms with Gasteiger partial charge < -0.3 is 9.79 Å². The predicted octanol–water partition coefficient (Wildman–Crippen LogP) is 2.61. The summed E-state index contributed by atoms with van der Waals surface area (Å²) in [5.74, 6) is 0. The van der Waals surface area contributed by atoms with E-state index in [-0.39, 0.29) is 0 Å². The van der Waals surface area contributed by atoms with Crippen LogP contribution in [-0.2, 0) is 11.0 Å². The van der Waals surface area contributed by atoms with Crippen LogP contribution in [0.1, 0.15) is 37.7 Å². The van der Waals surface area contributed by atoms with Crippen molar-refractivity contribution < 1.29 is 14.4 Å². The largest absolute Gasteiger partial charge is 0.400 e. The second-order valence-corrected chi connectivity index (χ2v) is 6.47. The summed E-state index contributed by atoms with van der Waals surface area (Å²) in [7, 11) is -4.19. The molecular weight excluding hydrogens is 249 g/mol. The van der Waals surface area contributed by atoms with E-state index in [9.17, 15) is 14.4 Å². The van der Waals surface area contributed by atoms with E-state index in [1.54, 1.807) is 0 Å². The maximum Gasteiger partial charge on any atom is 0.400 e. The van der Waals surface area contributed by atoms with Crippen LogP contribution in [-0.4, -0.2) is 15.3 Å². The number of rotatable bonds is 4. The fourth-order valence-electron chi connectivity index (χ4n) is 2.85. The molecule has 18 heavy (non-hydrogen) atoms. The molecule has 0 radical (unpaired) electrons. The van der Waals surface area contributed by atoms with E-state index in [0.717, 1.165) is 37.7 Å². The Morgan fingerprint density at radius 3 is 2.28 bits per heavy atom. The number of hydrogen-bond donors (Lipinski definition) is 3. The highest BCUT2D eigenvalue weighted by molar-refractivity contribution is 7.49. The third-order valence-corrected chi connectivity index (χ3v) is 4.34. The summed E-state index contributed by atoms with van der Waals surface area (Å²) in [6.45, 7) is 0. The van der Waals surface area contributed by atoms with Crippen LogP contribution >= 0.6 is 7.75 Å². The van der Waals surface area contributed by atoms with Crippen molar-refractivity contribution >= 4 is 7.75 Å². The number of benzene rings is 1. The molecule has 0 bridgehead atoms. The molecule has 1 aromatic carbocycles. The summed E-state index contributed by atoms with van der Waals surface area (Å²) in [5, 5.41) is 2.59. The van der Waals surface area contributed by atoms with Crippen molar-refractivity contribution in [2.45, 2.75) is 44.1 Å². The summed E-state index contributed by atoms with van der Waals surface area (Å²) >= 11 is 0. The van der Waals surface area contributed by atoms with Crippen LogP contribution in [0.25, 0.3) is 0 Å². The summed E-state index contributed by atoms with van der Waals surface area (Å²) in [4.78, 5) is 18.4. The lowest BCUT2D eigenvalue weighted by Gasteiger charge is -2.38. The van der Waals surface area contributed by atoms with E-state index in [2.05, 4.69) is 5.09 Å². The van der Waals surface area contributed by atoms with E-state index in [1.807, 2.05) is 30.3 Å². The molecule has 3 N–H and O–H groups in total. The van der Waals surface area contributed by atoms with Crippen molar-refractivity contribution in [3.05, 3.63) is 35.9 Å². The van der Waals surface area contributed by atoms with Gasteiger partial charge in [0.1, 0.15) is 0 Å². The molecule has 0 unspecified atom stereocenters. The van der Waals surface area contributed by atoms with Gasteiger partial charge in [0.05, 0.1) is 0 Å². The van der Waals surface area contributed by atoms with E-state index in [0.29, 0.717) is 6.42 Å². The van der Waals surface area contributed by atoms with Gasteiger partial charge in [-0.2, -0.15) is 0 Å². The topological polar surface area (TPSA) is 69.6 Å². The molecule has 0 spiro atoms. The Bertz CT molecular complexity index is 423. The lowest BCUT2D eigenvalue weighted by atomic mass is 9.78. The van der Waals surface area contributed by atoms with Crippen LogP contribution in [0, 0.1) is 0 Å². The maximum absolute atomic E-state index is 11.3. The average molecular weight is 269 g/mol. The highest BCUT2D eigenvalue weighted by Crippen LogP contribution is 2.40. The maximum atomic E-state index is 11.3. The monoisotopic (exact) mass is 269 g/mol. The molecule has 0 amide bonds. The molecule has 1 fully saturated rings. The Balaban J connectivity index is 2.17. The van der Waals surface area contributed by atoms with Gasteiger partial charge in [-0.1, -0.05) is 49.6 Å². The Morgan fingerprint density at radius 2 is 1.72 bits per heavy atom. The first-order chi connectivity index (χ1) is 8.49. The molecule has 0 saturated heterocycles. The van der Waals surface area contributed by atoms with Crippen LogP contribution in [0.5, 0.6) is 0 Å². The molecule has 1 saturated carbocycles. The van der Waals surface area contributed by atoms with E-state index in [4.69, 9.17) is 0 Å². The summed E-state index contributed by atoms with van der Waals surface area (Å²) in [5.41, 5.74) is 0.680. The minimum Gasteiger partial charge on any atom is -0.313 e. The summed E-state index contributed by atoms with van der Waals surface area (Å²) in [6, 6.07) is 9.90. The Kier molecular flexibility index (Phi) is 4.23. The SMILES string of the molecule is O=P(O)(O)NC1(Cc2ccccc2)CCCCC1. The van der Waals surface area contributed by atoms with Gasteiger partial charge in [0.25, 0.3) is 0 Å². The van der Waals surface area contributed by atoms with Crippen molar-refractivity contribution in [1.29, 1.82) is 0 Å². The third-order valence-electron chi connectivity index (χ3n) is 3.58. The Hall–Kier alpha value is -0.670. The van der Waals surface area contributed by atoms with Gasteiger partial charge in [0.2, 0.25) is 0 Å². The smallest absolute Gasteiger partial charge is 0.313 e. The van der Waals surface area contributed by atoms with Crippen molar-refractivity contribution in [3.8, 4) is 0 Å². The van der Waals surface area contributed by atoms with Gasteiger partial charge in [-0.25, -0.2) is 9.65 Å². The molecule has 0 heterocycles. The zero-order chi connectivity index (χ0) is 13.1. The van der Waals surface area contributed by atoms with Gasteiger partial charge in [-0.05, 0) is 24.8 Å². The molecule has 1 aromatic rings. The zero-order valence-electron chi connectivity index (χ0n) is 10.4. The van der Waals surface area contributed by atoms with Gasteiger partial charge in [-0.3, -0.25) is 0 Å². The average Bonchev–Trinajstić information content (AvgIpc) is 2.28. The second-order valence-electron chi connectivity index (χ2n) is 5.16. The molecule has 2 rings (SSSR count). The number of hydrogen-bond acceptors (Lipinski definition) is 1. The Morgan fingerprint density at radius 1 is 1.11 bits per heavy atom. The summed E-state index contributed by atoms with van der Waals surface area (Å²) in [6.07, 6.45) is 5.54. The standard InChI is InChI=1S/C13H20NO3P/c15-18(16,17)14-13(9-5-2-6-10-13)11-12-7-3-1-4-8-12/h1,3-4,7-8H,2,5-6,9-11H2,(H3,14,15,16,17). The second kappa shape index (κ2) is 5.54. The molecule has 0 aromatic heterocycles. The van der Waals surface area contributed by atoms with Crippen molar-refractivity contribution in [2.75, 3.05) is 0 Å². The number of nitrogens with one attached hydrogen (secondary N) is 1. The first-order valence-corrected chi connectivity index (χ1v) is 7.99. The minimum atomic E-state index is -4.19. The lowest BCUT2D eigenvalue weighted by molar-refractivity contribution is 0.237. The van der Waals surface area contributed by atoms with Gasteiger partial charge in [0, 0.05) is 5.54 Å². The first kappa shape index (κ1) is 13.8. The predicted molar refractivity (Wildman–Crippen MR) is 71.1 cm³/mol. The molecule has 0 atom stereocenters. The molecule has 5 heteroatoms. The highest BCUT2D eigenvalue weighted by Gasteiger charge is 2.37. The van der Waals surface area contributed by atoms with Crippen molar-refractivity contribution in [3.63, 3.8) is 0 Å². The zero-order valence-corrected chi connectivity index (χ0v) is 11.3. The molecule has 0 aliphatic heterocycles. The lowest BCUT2D eigenvalue weighted by Crippen LogP contribution is -2.46. The van der Waals surface area contributed by atoms with Gasteiger partial charge in [0.15, 0.2) is 0 Å². The van der Waals surface area contributed by atoms with Crippen LogP contribution in [0.4, 0.5) is 0 Å². The van der Waals surface area contributed by atoms with Crippen LogP contribution in [0.3, 0.4) is 0 Å². The fourth-order valence-corrected chi connectivity index (χ4v) is 3.77. The molecule has 1 aliphatic carbocycles. The molecular formula is C13H20NO3P. The van der Waals surface area contributed by atoms with Crippen molar-refractivity contribution in [2.24, 2.45) is 0 Å². The first-order valence-electron chi connectivity index (χ1n) is 6.38. The van der Waals surface area contributed by atoms with Gasteiger partial charge >= 0.3 is 7.75 Å². The molecule has 1 aliphatic rings. The van der Waals surface area contributed by atoms with Gasteiger partial charge in [-0.15, -0.1) is 0 Å².